The standard InChI is InChI=1S/C23H41N5OS2/c1-3-4-5-6-7-8-9-10-11-12-13-23(30,31)14-15-29-19(2)16-28-18-27-20-21(24)25-17-26-22(20)28/h17-19,30-31H,3-16H2,1-2H3,(H2,24,25,26)/t19-/m1/s1. The van der Waals surface area contributed by atoms with E-state index in [1.54, 1.807) is 6.33 Å². The number of hydrogen-bond donors (Lipinski definition) is 3. The van der Waals surface area contributed by atoms with Crippen molar-refractivity contribution in [2.45, 2.75) is 108 Å². The fourth-order valence-electron chi connectivity index (χ4n) is 3.81. The van der Waals surface area contributed by atoms with E-state index in [4.69, 9.17) is 35.7 Å². The molecule has 0 bridgehead atoms. The number of nitrogens with zero attached hydrogens (tertiary/aromatic N) is 4. The first-order valence-corrected chi connectivity index (χ1v) is 12.8. The summed E-state index contributed by atoms with van der Waals surface area (Å²) in [5.74, 6) is 0.402. The van der Waals surface area contributed by atoms with Crippen LogP contribution in [0.2, 0.25) is 0 Å². The third-order valence-electron chi connectivity index (χ3n) is 5.72. The topological polar surface area (TPSA) is 78.9 Å². The number of anilines is 1. The minimum absolute atomic E-state index is 0.0309. The van der Waals surface area contributed by atoms with Crippen molar-refractivity contribution in [3.63, 3.8) is 0 Å². The monoisotopic (exact) mass is 467 g/mol. The number of nitrogens with two attached hydrogens (primary N) is 1. The van der Waals surface area contributed by atoms with Crippen LogP contribution in [0.4, 0.5) is 5.82 Å². The predicted molar refractivity (Wildman–Crippen MR) is 137 cm³/mol. The molecule has 0 aromatic carbocycles. The van der Waals surface area contributed by atoms with Crippen molar-refractivity contribution in [1.29, 1.82) is 0 Å². The number of unbranched alkanes of at least 4 members (excludes halogenated alkanes) is 9. The van der Waals surface area contributed by atoms with Gasteiger partial charge in [0.25, 0.3) is 0 Å². The zero-order valence-electron chi connectivity index (χ0n) is 19.3. The SMILES string of the molecule is CCCCCCCCCCCCC(S)(S)CCO[C@H](C)Cn1cnc2c(N)ncnc21. The van der Waals surface area contributed by atoms with Crippen LogP contribution in [0.25, 0.3) is 11.2 Å². The zero-order valence-corrected chi connectivity index (χ0v) is 21.1. The van der Waals surface area contributed by atoms with E-state index in [9.17, 15) is 0 Å². The average molecular weight is 468 g/mol. The lowest BCUT2D eigenvalue weighted by atomic mass is 10.0. The summed E-state index contributed by atoms with van der Waals surface area (Å²) in [6.07, 6.45) is 18.5. The van der Waals surface area contributed by atoms with Crippen LogP contribution in [0.3, 0.4) is 0 Å². The minimum atomic E-state index is -0.275. The Kier molecular flexibility index (Phi) is 12.0. The Morgan fingerprint density at radius 2 is 1.61 bits per heavy atom. The molecule has 0 spiro atoms. The highest BCUT2D eigenvalue weighted by Crippen LogP contribution is 2.31. The third kappa shape index (κ3) is 10.00. The quantitative estimate of drug-likeness (QED) is 0.149. The van der Waals surface area contributed by atoms with Crippen molar-refractivity contribution in [1.82, 2.24) is 19.5 Å². The maximum atomic E-state index is 6.01. The maximum Gasteiger partial charge on any atom is 0.165 e. The van der Waals surface area contributed by atoms with Gasteiger partial charge in [0.1, 0.15) is 11.8 Å². The van der Waals surface area contributed by atoms with Gasteiger partial charge in [-0.25, -0.2) is 15.0 Å². The Bertz CT molecular complexity index is 753. The van der Waals surface area contributed by atoms with Gasteiger partial charge in [-0.05, 0) is 19.8 Å². The lowest BCUT2D eigenvalue weighted by Gasteiger charge is -2.23. The summed E-state index contributed by atoms with van der Waals surface area (Å²) >= 11 is 9.53. The van der Waals surface area contributed by atoms with Gasteiger partial charge in [-0.1, -0.05) is 71.1 Å². The van der Waals surface area contributed by atoms with Crippen LogP contribution in [-0.4, -0.2) is 36.3 Å². The molecule has 0 aliphatic carbocycles. The summed E-state index contributed by atoms with van der Waals surface area (Å²) in [6, 6.07) is 0. The van der Waals surface area contributed by atoms with Gasteiger partial charge in [-0.3, -0.25) is 0 Å². The highest BCUT2D eigenvalue weighted by Gasteiger charge is 2.20. The van der Waals surface area contributed by atoms with Gasteiger partial charge < -0.3 is 15.0 Å². The second kappa shape index (κ2) is 14.2. The maximum absolute atomic E-state index is 6.01. The van der Waals surface area contributed by atoms with Gasteiger partial charge in [0.15, 0.2) is 11.5 Å². The molecule has 2 heterocycles. The minimum Gasteiger partial charge on any atom is -0.382 e. The predicted octanol–water partition coefficient (Wildman–Crippen LogP) is 6.07. The van der Waals surface area contributed by atoms with E-state index in [-0.39, 0.29) is 10.2 Å². The van der Waals surface area contributed by atoms with E-state index in [1.165, 1.54) is 70.5 Å². The molecule has 8 heteroatoms. The molecule has 2 rings (SSSR count). The van der Waals surface area contributed by atoms with Gasteiger partial charge in [0.05, 0.1) is 23.1 Å². The Balaban J connectivity index is 1.55. The van der Waals surface area contributed by atoms with Gasteiger partial charge >= 0.3 is 0 Å². The summed E-state index contributed by atoms with van der Waals surface area (Å²) < 4.78 is 7.69. The summed E-state index contributed by atoms with van der Waals surface area (Å²) in [4.78, 5) is 12.6. The van der Waals surface area contributed by atoms with E-state index in [1.807, 2.05) is 4.57 Å². The number of nitrogen functional groups attached to an aromatic ring is 1. The summed E-state index contributed by atoms with van der Waals surface area (Å²) in [5, 5.41) is 0. The van der Waals surface area contributed by atoms with Crippen molar-refractivity contribution in [2.24, 2.45) is 0 Å². The highest BCUT2D eigenvalue weighted by molar-refractivity contribution is 8.00. The molecule has 0 aliphatic rings. The molecular weight excluding hydrogens is 426 g/mol. The number of hydrogen-bond acceptors (Lipinski definition) is 7. The Labute approximate surface area is 199 Å². The lowest BCUT2D eigenvalue weighted by Crippen LogP contribution is -2.21. The molecule has 0 saturated heterocycles. The molecule has 31 heavy (non-hydrogen) atoms. The first-order chi connectivity index (χ1) is 14.9. The van der Waals surface area contributed by atoms with Gasteiger partial charge in [0.2, 0.25) is 0 Å². The first-order valence-electron chi connectivity index (χ1n) is 11.9. The Morgan fingerprint density at radius 1 is 0.968 bits per heavy atom. The smallest absolute Gasteiger partial charge is 0.165 e. The number of rotatable bonds is 17. The number of imidazole rings is 1. The van der Waals surface area contributed by atoms with Crippen molar-refractivity contribution in [3.05, 3.63) is 12.7 Å². The number of thiol groups is 2. The lowest BCUT2D eigenvalue weighted by molar-refractivity contribution is 0.0519. The molecule has 2 aromatic heterocycles. The van der Waals surface area contributed by atoms with E-state index in [0.717, 1.165) is 18.5 Å². The Morgan fingerprint density at radius 3 is 2.29 bits per heavy atom. The number of aromatic nitrogens is 4. The largest absolute Gasteiger partial charge is 0.382 e. The molecule has 0 unspecified atom stereocenters. The number of ether oxygens (including phenoxy) is 1. The van der Waals surface area contributed by atoms with Crippen LogP contribution in [0, 0.1) is 0 Å². The van der Waals surface area contributed by atoms with Crippen molar-refractivity contribution in [2.75, 3.05) is 12.3 Å². The van der Waals surface area contributed by atoms with E-state index in [2.05, 4.69) is 28.8 Å². The first kappa shape index (κ1) is 26.3. The van der Waals surface area contributed by atoms with Gasteiger partial charge in [0, 0.05) is 6.61 Å². The summed E-state index contributed by atoms with van der Waals surface area (Å²) in [6.45, 7) is 5.62. The molecule has 0 radical (unpaired) electrons. The Hall–Kier alpha value is -0.990. The fraction of sp³-hybridized carbons (Fsp3) is 0.783. The van der Waals surface area contributed by atoms with Crippen molar-refractivity contribution < 1.29 is 4.74 Å². The summed E-state index contributed by atoms with van der Waals surface area (Å²) in [7, 11) is 0. The molecule has 0 fully saturated rings. The molecular formula is C23H41N5OS2. The molecule has 0 aliphatic heterocycles. The molecule has 1 atom stereocenters. The molecule has 2 N–H and O–H groups in total. The van der Waals surface area contributed by atoms with Crippen molar-refractivity contribution >= 4 is 42.2 Å². The fourth-order valence-corrected chi connectivity index (χ4v) is 4.30. The van der Waals surface area contributed by atoms with E-state index >= 15 is 0 Å². The van der Waals surface area contributed by atoms with Crippen LogP contribution in [0.1, 0.15) is 90.9 Å². The van der Waals surface area contributed by atoms with Crippen LogP contribution in [0.5, 0.6) is 0 Å². The second-order valence-electron chi connectivity index (χ2n) is 8.67. The van der Waals surface area contributed by atoms with Gasteiger partial charge in [-0.15, -0.1) is 0 Å². The van der Waals surface area contributed by atoms with Crippen LogP contribution in [-0.2, 0) is 11.3 Å². The molecule has 2 aromatic rings. The van der Waals surface area contributed by atoms with Gasteiger partial charge in [-0.2, -0.15) is 25.3 Å². The average Bonchev–Trinajstić information content (AvgIpc) is 3.13. The molecule has 6 nitrogen and oxygen atoms in total. The third-order valence-corrected chi connectivity index (χ3v) is 6.61. The highest BCUT2D eigenvalue weighted by atomic mass is 32.2. The summed E-state index contributed by atoms with van der Waals surface area (Å²) in [5.41, 5.74) is 7.22. The second-order valence-corrected chi connectivity index (χ2v) is 10.7. The van der Waals surface area contributed by atoms with Crippen LogP contribution in [0.15, 0.2) is 12.7 Å². The normalized spacial score (nSPS) is 13.2. The van der Waals surface area contributed by atoms with Crippen LogP contribution < -0.4 is 5.73 Å². The number of fused-ring (bicyclic) bond motifs is 1. The molecule has 176 valence electrons. The van der Waals surface area contributed by atoms with E-state index in [0.29, 0.717) is 24.5 Å². The van der Waals surface area contributed by atoms with Crippen LogP contribution >= 0.6 is 25.3 Å². The molecule has 0 amide bonds. The van der Waals surface area contributed by atoms with E-state index < -0.39 is 0 Å². The van der Waals surface area contributed by atoms with Crippen molar-refractivity contribution in [3.8, 4) is 0 Å². The molecule has 0 saturated carbocycles. The zero-order chi connectivity index (χ0) is 22.5.